The highest BCUT2D eigenvalue weighted by Crippen LogP contribution is 2.43. The van der Waals surface area contributed by atoms with Crippen molar-refractivity contribution in [2.45, 2.75) is 69.9 Å². The number of hydrogen-bond acceptors (Lipinski definition) is 6. The molecule has 1 aromatic carbocycles. The zero-order chi connectivity index (χ0) is 27.7. The molecule has 2 amide bonds. The first kappa shape index (κ1) is 28.0. The van der Waals surface area contributed by atoms with E-state index in [0.717, 1.165) is 76.9 Å². The molecule has 1 aliphatic carbocycles. The minimum absolute atomic E-state index is 0.0672. The molecule has 10 heteroatoms. The fraction of sp³-hybridized carbons (Fsp3) is 0.690. The topological polar surface area (TPSA) is 96.2 Å². The van der Waals surface area contributed by atoms with E-state index in [2.05, 4.69) is 16.7 Å². The van der Waals surface area contributed by atoms with Gasteiger partial charge in [-0.1, -0.05) is 26.2 Å². The number of amides is 2. The van der Waals surface area contributed by atoms with Crippen LogP contribution >= 0.6 is 0 Å². The van der Waals surface area contributed by atoms with Crippen LogP contribution < -0.4 is 10.6 Å². The zero-order valence-electron chi connectivity index (χ0n) is 22.7. The number of fused-ring (bicyclic) bond motifs is 1. The van der Waals surface area contributed by atoms with Crippen molar-refractivity contribution >= 4 is 23.3 Å². The largest absolute Gasteiger partial charge is 0.369 e. The van der Waals surface area contributed by atoms with Crippen LogP contribution in [0.3, 0.4) is 0 Å². The number of primary amides is 1. The van der Waals surface area contributed by atoms with Crippen LogP contribution in [0, 0.1) is 11.8 Å². The fourth-order valence-electron chi connectivity index (χ4n) is 7.15. The molecule has 4 atom stereocenters. The van der Waals surface area contributed by atoms with Gasteiger partial charge in [-0.15, -0.1) is 0 Å². The predicted octanol–water partition coefficient (Wildman–Crippen LogP) is 3.04. The molecule has 0 aromatic heterocycles. The Bertz CT molecular complexity index is 1070. The van der Waals surface area contributed by atoms with Crippen LogP contribution in [0.25, 0.3) is 0 Å². The molecule has 2 N–H and O–H groups in total. The maximum absolute atomic E-state index is 14.4. The lowest BCUT2D eigenvalue weighted by Gasteiger charge is -2.37. The molecule has 4 aliphatic rings. The second-order valence-corrected chi connectivity index (χ2v) is 11.5. The van der Waals surface area contributed by atoms with Gasteiger partial charge in [-0.05, 0) is 55.5 Å². The van der Waals surface area contributed by atoms with E-state index in [9.17, 15) is 23.2 Å². The molecule has 5 rings (SSSR count). The monoisotopic (exact) mass is 546 g/mol. The van der Waals surface area contributed by atoms with Gasteiger partial charge in [0.15, 0.2) is 5.78 Å². The van der Waals surface area contributed by atoms with Crippen LogP contribution in [0.15, 0.2) is 18.2 Å². The van der Waals surface area contributed by atoms with Gasteiger partial charge in [-0.3, -0.25) is 19.3 Å². The van der Waals surface area contributed by atoms with E-state index in [-0.39, 0.29) is 36.3 Å². The number of rotatable bonds is 8. The smallest absolute Gasteiger partial charge is 0.249 e. The Hall–Kier alpha value is -2.59. The van der Waals surface area contributed by atoms with Gasteiger partial charge in [-0.2, -0.15) is 0 Å². The molecule has 3 heterocycles. The van der Waals surface area contributed by atoms with E-state index >= 15 is 0 Å². The average Bonchev–Trinajstić information content (AvgIpc) is 3.50. The van der Waals surface area contributed by atoms with E-state index in [1.54, 1.807) is 6.07 Å². The summed E-state index contributed by atoms with van der Waals surface area (Å²) < 4.78 is 33.3. The summed E-state index contributed by atoms with van der Waals surface area (Å²) in [5.41, 5.74) is 7.58. The molecule has 0 unspecified atom stereocenters. The van der Waals surface area contributed by atoms with E-state index in [1.807, 2.05) is 12.1 Å². The van der Waals surface area contributed by atoms with Crippen molar-refractivity contribution < 1.29 is 27.9 Å². The Kier molecular flexibility index (Phi) is 8.52. The number of anilines is 1. The molecule has 214 valence electrons. The Morgan fingerprint density at radius 3 is 2.46 bits per heavy atom. The first-order valence-electron chi connectivity index (χ1n) is 14.4. The molecule has 0 radical (unpaired) electrons. The molecule has 39 heavy (non-hydrogen) atoms. The summed E-state index contributed by atoms with van der Waals surface area (Å²) in [6.07, 6.45) is 1.95. The molecule has 1 saturated carbocycles. The summed E-state index contributed by atoms with van der Waals surface area (Å²) in [6.45, 7) is 6.25. The van der Waals surface area contributed by atoms with Gasteiger partial charge in [0.2, 0.25) is 18.2 Å². The minimum Gasteiger partial charge on any atom is -0.369 e. The van der Waals surface area contributed by atoms with Gasteiger partial charge in [0, 0.05) is 44.0 Å². The first-order valence-corrected chi connectivity index (χ1v) is 14.4. The van der Waals surface area contributed by atoms with Gasteiger partial charge in [0.1, 0.15) is 12.6 Å². The number of alkyl halides is 2. The standard InChI is InChI=1S/C29H40F2N4O4/c1-2-10-33-11-13-34(14-12-33)19-8-9-20(28(32)37)21(15-19)24(18-6-4-3-5-7-18)29(38)35-16-22(27(30)31)26-25(35)23(36)17-39-26/h8-9,15,18,22,24-27H,2-7,10-14,16-17H2,1H3,(H2,32,37)/t22-,24-,25+,26+/m0/s1. The molecular weight excluding hydrogens is 506 g/mol. The number of benzene rings is 1. The highest BCUT2D eigenvalue weighted by Gasteiger charge is 2.56. The molecule has 3 aliphatic heterocycles. The van der Waals surface area contributed by atoms with Crippen LogP contribution in [0.4, 0.5) is 14.5 Å². The third-order valence-corrected chi connectivity index (χ3v) is 9.13. The van der Waals surface area contributed by atoms with Gasteiger partial charge in [0.05, 0.1) is 17.9 Å². The zero-order valence-corrected chi connectivity index (χ0v) is 22.7. The number of ether oxygens (including phenoxy) is 1. The van der Waals surface area contributed by atoms with Gasteiger partial charge < -0.3 is 20.3 Å². The highest BCUT2D eigenvalue weighted by molar-refractivity contribution is 5.99. The van der Waals surface area contributed by atoms with Crippen molar-refractivity contribution in [1.82, 2.24) is 9.80 Å². The van der Waals surface area contributed by atoms with Crippen LogP contribution in [0.1, 0.15) is 67.3 Å². The quantitative estimate of drug-likeness (QED) is 0.539. The minimum atomic E-state index is -2.70. The van der Waals surface area contributed by atoms with Gasteiger partial charge in [0.25, 0.3) is 0 Å². The number of Topliss-reactive ketones (excluding diaryl/α,β-unsaturated/α-hetero) is 1. The number of carbonyl (C=O) groups is 3. The predicted molar refractivity (Wildman–Crippen MR) is 143 cm³/mol. The van der Waals surface area contributed by atoms with Crippen molar-refractivity contribution in [3.05, 3.63) is 29.3 Å². The summed E-state index contributed by atoms with van der Waals surface area (Å²) >= 11 is 0. The number of nitrogens with zero attached hydrogens (tertiary/aromatic N) is 3. The first-order chi connectivity index (χ1) is 18.8. The number of nitrogens with two attached hydrogens (primary N) is 1. The van der Waals surface area contributed by atoms with Crippen LogP contribution in [0.5, 0.6) is 0 Å². The maximum Gasteiger partial charge on any atom is 0.249 e. The normalized spacial score (nSPS) is 27.3. The lowest BCUT2D eigenvalue weighted by atomic mass is 9.74. The number of ketones is 1. The summed E-state index contributed by atoms with van der Waals surface area (Å²) in [7, 11) is 0. The van der Waals surface area contributed by atoms with Crippen molar-refractivity contribution in [3.63, 3.8) is 0 Å². The second-order valence-electron chi connectivity index (χ2n) is 11.5. The highest BCUT2D eigenvalue weighted by atomic mass is 19.3. The fourth-order valence-corrected chi connectivity index (χ4v) is 7.15. The van der Waals surface area contributed by atoms with Crippen molar-refractivity contribution in [1.29, 1.82) is 0 Å². The summed E-state index contributed by atoms with van der Waals surface area (Å²) in [4.78, 5) is 45.8. The van der Waals surface area contributed by atoms with Crippen LogP contribution in [0.2, 0.25) is 0 Å². The van der Waals surface area contributed by atoms with Crippen LogP contribution in [-0.2, 0) is 14.3 Å². The second kappa shape index (κ2) is 11.9. The number of likely N-dealkylation sites (tertiary alicyclic amines) is 1. The summed E-state index contributed by atoms with van der Waals surface area (Å²) in [6, 6.07) is 4.49. The third kappa shape index (κ3) is 5.55. The lowest BCUT2D eigenvalue weighted by molar-refractivity contribution is -0.139. The van der Waals surface area contributed by atoms with Crippen molar-refractivity contribution in [2.75, 3.05) is 50.8 Å². The van der Waals surface area contributed by atoms with Gasteiger partial charge in [-0.25, -0.2) is 8.78 Å². The number of piperazine rings is 1. The van der Waals surface area contributed by atoms with Crippen molar-refractivity contribution in [3.8, 4) is 0 Å². The number of halogens is 2. The van der Waals surface area contributed by atoms with Crippen LogP contribution in [-0.4, -0.2) is 91.8 Å². The molecule has 0 spiro atoms. The van der Waals surface area contributed by atoms with E-state index in [0.29, 0.717) is 5.56 Å². The molecule has 1 aromatic rings. The Balaban J connectivity index is 1.51. The SMILES string of the molecule is CCCN1CCN(c2ccc(C(N)=O)c([C@@H](C(=O)N3C[C@H](C(F)F)[C@H]4OCC(=O)[C@H]43)C3CCCCC3)c2)CC1. The third-order valence-electron chi connectivity index (χ3n) is 9.13. The molecule has 3 saturated heterocycles. The van der Waals surface area contributed by atoms with Crippen molar-refractivity contribution in [2.24, 2.45) is 17.6 Å². The lowest BCUT2D eigenvalue weighted by Crippen LogP contribution is -2.47. The number of hydrogen-bond donors (Lipinski definition) is 1. The van der Waals surface area contributed by atoms with E-state index < -0.39 is 36.3 Å². The molecule has 8 nitrogen and oxygen atoms in total. The summed E-state index contributed by atoms with van der Waals surface area (Å²) in [5, 5.41) is 0. The Morgan fingerprint density at radius 1 is 1.10 bits per heavy atom. The Morgan fingerprint density at radius 2 is 1.82 bits per heavy atom. The van der Waals surface area contributed by atoms with E-state index in [1.165, 1.54) is 4.90 Å². The molecular formula is C29H40F2N4O4. The molecule has 0 bridgehead atoms. The van der Waals surface area contributed by atoms with Gasteiger partial charge >= 0.3 is 0 Å². The summed E-state index contributed by atoms with van der Waals surface area (Å²) in [5.74, 6) is -3.34. The average molecular weight is 547 g/mol. The number of carbonyl (C=O) groups excluding carboxylic acids is 3. The van der Waals surface area contributed by atoms with E-state index in [4.69, 9.17) is 10.5 Å². The maximum atomic E-state index is 14.4. The molecule has 4 fully saturated rings. The Labute approximate surface area is 228 Å².